The van der Waals surface area contributed by atoms with Gasteiger partial charge in [-0.3, -0.25) is 0 Å². The molecule has 0 spiro atoms. The molecule has 1 aliphatic rings. The lowest BCUT2D eigenvalue weighted by Gasteiger charge is -2.39. The second kappa shape index (κ2) is 10.8. The number of amides is 2. The summed E-state index contributed by atoms with van der Waals surface area (Å²) in [6, 6.07) is 11.1. The minimum atomic E-state index is -4.55. The summed E-state index contributed by atoms with van der Waals surface area (Å²) in [5, 5.41) is 15.1. The van der Waals surface area contributed by atoms with Gasteiger partial charge in [0.2, 0.25) is 0 Å². The van der Waals surface area contributed by atoms with Crippen molar-refractivity contribution >= 4 is 39.8 Å². The molecule has 0 radical (unpaired) electrons. The van der Waals surface area contributed by atoms with Crippen molar-refractivity contribution in [3.05, 3.63) is 64.5 Å². The van der Waals surface area contributed by atoms with E-state index in [0.29, 0.717) is 41.1 Å². The van der Waals surface area contributed by atoms with Crippen LogP contribution in [0.25, 0.3) is 11.3 Å². The summed E-state index contributed by atoms with van der Waals surface area (Å²) >= 11 is 7.24. The number of rotatable bonds is 6. The summed E-state index contributed by atoms with van der Waals surface area (Å²) < 4.78 is 40.9. The monoisotopic (exact) mass is 539 g/mol. The molecule has 36 heavy (non-hydrogen) atoms. The number of urea groups is 1. The second-order valence-corrected chi connectivity index (χ2v) is 10.4. The number of alkyl halides is 3. The molecule has 0 aliphatic carbocycles. The predicted molar refractivity (Wildman–Crippen MR) is 136 cm³/mol. The first-order valence-electron chi connectivity index (χ1n) is 11.5. The normalized spacial score (nSPS) is 20.2. The van der Waals surface area contributed by atoms with Crippen LogP contribution in [0, 0.1) is 0 Å². The molecule has 1 saturated heterocycles. The van der Waals surface area contributed by atoms with Gasteiger partial charge in [0.05, 0.1) is 56.3 Å². The van der Waals surface area contributed by atoms with E-state index in [1.807, 2.05) is 6.07 Å². The summed E-state index contributed by atoms with van der Waals surface area (Å²) in [5.74, 6) is 0. The lowest BCUT2D eigenvalue weighted by atomic mass is 10.1. The Morgan fingerprint density at radius 2 is 1.94 bits per heavy atom. The van der Waals surface area contributed by atoms with Gasteiger partial charge in [-0.2, -0.15) is 13.2 Å². The maximum absolute atomic E-state index is 13.4. The van der Waals surface area contributed by atoms with E-state index in [0.717, 1.165) is 42.1 Å². The number of halogens is 4. The Morgan fingerprint density at radius 3 is 2.64 bits per heavy atom. The van der Waals surface area contributed by atoms with Crippen LogP contribution in [0.1, 0.15) is 18.4 Å². The Labute approximate surface area is 216 Å². The largest absolute Gasteiger partial charge is 0.416 e. The number of aliphatic hydroxyl groups is 1. The third-order valence-corrected chi connectivity index (χ3v) is 7.43. The number of likely N-dealkylation sites (N-methyl/N-ethyl adjacent to an activating group) is 1. The van der Waals surface area contributed by atoms with Crippen LogP contribution in [-0.4, -0.2) is 59.9 Å². The number of likely N-dealkylation sites (tertiary alicyclic amines) is 1. The van der Waals surface area contributed by atoms with Crippen LogP contribution in [0.5, 0.6) is 0 Å². The zero-order chi connectivity index (χ0) is 25.9. The average Bonchev–Trinajstić information content (AvgIpc) is 3.31. The molecule has 1 aliphatic heterocycles. The van der Waals surface area contributed by atoms with E-state index in [4.69, 9.17) is 11.6 Å². The van der Waals surface area contributed by atoms with Crippen molar-refractivity contribution in [2.24, 2.45) is 0 Å². The maximum Gasteiger partial charge on any atom is 0.416 e. The van der Waals surface area contributed by atoms with Gasteiger partial charge in [0.15, 0.2) is 5.13 Å². The van der Waals surface area contributed by atoms with Crippen LogP contribution >= 0.6 is 22.9 Å². The van der Waals surface area contributed by atoms with Gasteiger partial charge in [0, 0.05) is 28.8 Å². The number of hydrogen-bond donors (Lipinski definition) is 2. The Bertz CT molecular complexity index is 1210. The van der Waals surface area contributed by atoms with Gasteiger partial charge in [-0.05, 0) is 30.3 Å². The lowest BCUT2D eigenvalue weighted by Crippen LogP contribution is -2.54. The fourth-order valence-electron chi connectivity index (χ4n) is 4.20. The van der Waals surface area contributed by atoms with Gasteiger partial charge >= 0.3 is 12.2 Å². The number of piperidine rings is 1. The van der Waals surface area contributed by atoms with Gasteiger partial charge in [-0.1, -0.05) is 29.8 Å². The summed E-state index contributed by atoms with van der Waals surface area (Å²) in [7, 11) is 2.07. The smallest absolute Gasteiger partial charge is 0.393 e. The van der Waals surface area contributed by atoms with E-state index in [1.165, 1.54) is 17.0 Å². The van der Waals surface area contributed by atoms with Crippen molar-refractivity contribution in [3.63, 3.8) is 0 Å². The van der Waals surface area contributed by atoms with Crippen molar-refractivity contribution in [2.45, 2.75) is 25.1 Å². The first-order chi connectivity index (χ1) is 17.0. The van der Waals surface area contributed by atoms with Crippen molar-refractivity contribution in [1.29, 1.82) is 0 Å². The molecule has 1 fully saturated rings. The van der Waals surface area contributed by atoms with Crippen LogP contribution in [0.4, 0.5) is 28.8 Å². The maximum atomic E-state index is 13.4. The molecule has 0 atom stereocenters. The predicted octanol–water partition coefficient (Wildman–Crippen LogP) is 5.93. The number of nitrogens with zero attached hydrogens (tertiary/aromatic N) is 3. The van der Waals surface area contributed by atoms with Gasteiger partial charge in [0.1, 0.15) is 0 Å². The first kappa shape index (κ1) is 26.4. The standard InChI is InChI=1S/C25H26ClF3N4O2S/c1-33(11-8-21(34)9-12-33)13-10-30-23(35)32(20-7-3-5-18(15-20)25(27,28)29)24-31-22(16-36-24)17-4-2-6-19(26)14-17/h2-7,14-16,21,34H,8-13H2,1H3/p+1. The van der Waals surface area contributed by atoms with Crippen LogP contribution in [0.2, 0.25) is 5.02 Å². The number of hydrogen-bond acceptors (Lipinski definition) is 4. The lowest BCUT2D eigenvalue weighted by molar-refractivity contribution is -0.913. The summed E-state index contributed by atoms with van der Waals surface area (Å²) in [6.45, 7) is 2.56. The number of aliphatic hydroxyl groups excluding tert-OH is 1. The van der Waals surface area contributed by atoms with Gasteiger partial charge in [-0.25, -0.2) is 14.7 Å². The SMILES string of the molecule is C[N+]1(CCNC(=O)N(c2cccc(C(F)(F)F)c2)c2nc(-c3cccc(Cl)c3)cs2)CCC(O)CC1. The molecule has 2 aromatic carbocycles. The third kappa shape index (κ3) is 6.36. The number of benzene rings is 2. The van der Waals surface area contributed by atoms with Crippen molar-refractivity contribution < 1.29 is 27.6 Å². The number of quaternary nitrogens is 1. The Balaban J connectivity index is 1.59. The molecule has 6 nitrogen and oxygen atoms in total. The van der Waals surface area contributed by atoms with Crippen molar-refractivity contribution in [2.75, 3.05) is 38.1 Å². The topological polar surface area (TPSA) is 65.5 Å². The van der Waals surface area contributed by atoms with E-state index < -0.39 is 17.8 Å². The summed E-state index contributed by atoms with van der Waals surface area (Å²) in [4.78, 5) is 19.1. The quantitative estimate of drug-likeness (QED) is 0.382. The summed E-state index contributed by atoms with van der Waals surface area (Å²) in [5.41, 5.74) is 0.511. The highest BCUT2D eigenvalue weighted by Gasteiger charge is 2.33. The van der Waals surface area contributed by atoms with Gasteiger partial charge in [-0.15, -0.1) is 11.3 Å². The Morgan fingerprint density at radius 1 is 1.22 bits per heavy atom. The highest BCUT2D eigenvalue weighted by atomic mass is 35.5. The molecule has 1 aromatic heterocycles. The van der Waals surface area contributed by atoms with Crippen molar-refractivity contribution in [3.8, 4) is 11.3 Å². The highest BCUT2D eigenvalue weighted by Crippen LogP contribution is 2.36. The molecule has 2 amide bonds. The van der Waals surface area contributed by atoms with Crippen LogP contribution < -0.4 is 10.2 Å². The minimum absolute atomic E-state index is 0.0656. The van der Waals surface area contributed by atoms with E-state index in [9.17, 15) is 23.1 Å². The number of carbonyl (C=O) groups excluding carboxylic acids is 1. The fraction of sp³-hybridized carbons (Fsp3) is 0.360. The van der Waals surface area contributed by atoms with Crippen LogP contribution in [0.15, 0.2) is 53.9 Å². The second-order valence-electron chi connectivity index (χ2n) is 9.16. The molecule has 2 heterocycles. The zero-order valence-electron chi connectivity index (χ0n) is 19.6. The molecular weight excluding hydrogens is 513 g/mol. The number of anilines is 2. The molecule has 2 N–H and O–H groups in total. The number of thiazole rings is 1. The van der Waals surface area contributed by atoms with Crippen LogP contribution in [-0.2, 0) is 6.18 Å². The van der Waals surface area contributed by atoms with E-state index in [2.05, 4.69) is 17.3 Å². The Kier molecular flexibility index (Phi) is 7.89. The molecule has 192 valence electrons. The highest BCUT2D eigenvalue weighted by molar-refractivity contribution is 7.14. The molecule has 0 unspecified atom stereocenters. The minimum Gasteiger partial charge on any atom is -0.393 e. The number of nitrogens with one attached hydrogen (secondary N) is 1. The van der Waals surface area contributed by atoms with Gasteiger partial charge in [0.25, 0.3) is 0 Å². The Hall–Kier alpha value is -2.66. The molecule has 11 heteroatoms. The fourth-order valence-corrected chi connectivity index (χ4v) is 5.24. The molecule has 4 rings (SSSR count). The van der Waals surface area contributed by atoms with E-state index >= 15 is 0 Å². The third-order valence-electron chi connectivity index (χ3n) is 6.37. The van der Waals surface area contributed by atoms with E-state index in [1.54, 1.807) is 23.6 Å². The number of carbonyl (C=O) groups is 1. The molecule has 3 aromatic rings. The zero-order valence-corrected chi connectivity index (χ0v) is 21.2. The average molecular weight is 540 g/mol. The van der Waals surface area contributed by atoms with Crippen molar-refractivity contribution in [1.82, 2.24) is 10.3 Å². The molecule has 0 bridgehead atoms. The van der Waals surface area contributed by atoms with Crippen LogP contribution in [0.3, 0.4) is 0 Å². The van der Waals surface area contributed by atoms with E-state index in [-0.39, 0.29) is 16.9 Å². The molecular formula is C25H27ClF3N4O2S+. The molecule has 0 saturated carbocycles. The number of aromatic nitrogens is 1. The van der Waals surface area contributed by atoms with Gasteiger partial charge < -0.3 is 14.9 Å². The first-order valence-corrected chi connectivity index (χ1v) is 12.8. The summed E-state index contributed by atoms with van der Waals surface area (Å²) in [6.07, 6.45) is -3.44.